The number of halogens is 3. The van der Waals surface area contributed by atoms with Gasteiger partial charge in [0.1, 0.15) is 5.75 Å². The zero-order valence-corrected chi connectivity index (χ0v) is 12.7. The van der Waals surface area contributed by atoms with Crippen molar-refractivity contribution in [3.8, 4) is 11.5 Å². The maximum atomic E-state index is 12.3. The lowest BCUT2D eigenvalue weighted by molar-refractivity contribution is -0.274. The van der Waals surface area contributed by atoms with E-state index < -0.39 is 18.1 Å². The molecule has 0 aliphatic carbocycles. The monoisotopic (exact) mass is 340 g/mol. The molecule has 0 atom stereocenters. The van der Waals surface area contributed by atoms with Gasteiger partial charge >= 0.3 is 12.4 Å². The minimum Gasteiger partial charge on any atom is -0.497 e. The Labute approximate surface area is 136 Å². The summed E-state index contributed by atoms with van der Waals surface area (Å²) in [6.45, 7) is 0.186. The number of hydrogen-bond donors (Lipinski definition) is 2. The number of hydrogen-bond acceptors (Lipinski definition) is 3. The first kappa shape index (κ1) is 17.5. The van der Waals surface area contributed by atoms with Crippen LogP contribution in [0.3, 0.4) is 0 Å². The third kappa shape index (κ3) is 5.38. The number of amides is 2. The van der Waals surface area contributed by atoms with Gasteiger partial charge in [-0.3, -0.25) is 0 Å². The van der Waals surface area contributed by atoms with Gasteiger partial charge in [-0.25, -0.2) is 4.79 Å². The maximum Gasteiger partial charge on any atom is 0.573 e. The molecule has 2 amide bonds. The average Bonchev–Trinajstić information content (AvgIpc) is 2.54. The molecule has 0 unspecified atom stereocenters. The van der Waals surface area contributed by atoms with Gasteiger partial charge in [-0.05, 0) is 29.8 Å². The van der Waals surface area contributed by atoms with E-state index in [1.807, 2.05) is 0 Å². The minimum atomic E-state index is -4.84. The molecule has 2 N–H and O–H groups in total. The van der Waals surface area contributed by atoms with E-state index in [0.29, 0.717) is 5.75 Å². The Morgan fingerprint density at radius 1 is 1.12 bits per heavy atom. The van der Waals surface area contributed by atoms with E-state index in [2.05, 4.69) is 15.4 Å². The van der Waals surface area contributed by atoms with Crippen LogP contribution in [0.15, 0.2) is 48.5 Å². The van der Waals surface area contributed by atoms with E-state index in [1.165, 1.54) is 25.3 Å². The van der Waals surface area contributed by atoms with Gasteiger partial charge in [0.15, 0.2) is 5.75 Å². The molecule has 0 aromatic heterocycles. The molecule has 0 radical (unpaired) electrons. The molecule has 128 valence electrons. The number of urea groups is 1. The highest BCUT2D eigenvalue weighted by atomic mass is 19.4. The van der Waals surface area contributed by atoms with Gasteiger partial charge in [0.2, 0.25) is 0 Å². The van der Waals surface area contributed by atoms with Crippen molar-refractivity contribution in [2.75, 3.05) is 12.4 Å². The van der Waals surface area contributed by atoms with E-state index in [0.717, 1.165) is 11.6 Å². The minimum absolute atomic E-state index is 0.0852. The highest BCUT2D eigenvalue weighted by Gasteiger charge is 2.32. The van der Waals surface area contributed by atoms with Crippen LogP contribution in [0.4, 0.5) is 23.7 Å². The lowest BCUT2D eigenvalue weighted by Crippen LogP contribution is -2.28. The molecule has 0 fully saturated rings. The van der Waals surface area contributed by atoms with Crippen LogP contribution in [0.2, 0.25) is 0 Å². The van der Waals surface area contributed by atoms with Crippen LogP contribution in [0.5, 0.6) is 11.5 Å². The molecule has 8 heteroatoms. The van der Waals surface area contributed by atoms with Gasteiger partial charge in [0.05, 0.1) is 12.8 Å². The Bertz CT molecular complexity index is 705. The van der Waals surface area contributed by atoms with Gasteiger partial charge < -0.3 is 20.1 Å². The van der Waals surface area contributed by atoms with Crippen molar-refractivity contribution in [2.24, 2.45) is 0 Å². The average molecular weight is 340 g/mol. The molecule has 0 bridgehead atoms. The van der Waals surface area contributed by atoms with Crippen molar-refractivity contribution in [3.05, 3.63) is 54.1 Å². The number of carbonyl (C=O) groups excluding carboxylic acids is 1. The largest absolute Gasteiger partial charge is 0.573 e. The molecule has 0 saturated carbocycles. The summed E-state index contributed by atoms with van der Waals surface area (Å²) in [5.74, 6) is 0.153. The first-order chi connectivity index (χ1) is 11.4. The number of nitrogens with one attached hydrogen (secondary N) is 2. The number of alkyl halides is 3. The van der Waals surface area contributed by atoms with Crippen molar-refractivity contribution in [1.82, 2.24) is 5.32 Å². The van der Waals surface area contributed by atoms with Crippen LogP contribution in [-0.4, -0.2) is 19.5 Å². The van der Waals surface area contributed by atoms with Crippen LogP contribution in [-0.2, 0) is 6.54 Å². The van der Waals surface area contributed by atoms with Gasteiger partial charge in [-0.15, -0.1) is 13.2 Å². The van der Waals surface area contributed by atoms with Gasteiger partial charge in [0, 0.05) is 6.54 Å². The zero-order valence-electron chi connectivity index (χ0n) is 12.7. The number of rotatable bonds is 5. The van der Waals surface area contributed by atoms with Crippen LogP contribution < -0.4 is 20.1 Å². The van der Waals surface area contributed by atoms with Crippen LogP contribution >= 0.6 is 0 Å². The Hall–Kier alpha value is -2.90. The van der Waals surface area contributed by atoms with Crippen LogP contribution in [0.25, 0.3) is 0 Å². The molecular weight excluding hydrogens is 325 g/mol. The Morgan fingerprint density at radius 2 is 1.88 bits per heavy atom. The van der Waals surface area contributed by atoms with Gasteiger partial charge in [-0.2, -0.15) is 0 Å². The summed E-state index contributed by atoms with van der Waals surface area (Å²) in [6, 6.07) is 11.7. The summed E-state index contributed by atoms with van der Waals surface area (Å²) in [7, 11) is 1.52. The number of para-hydroxylation sites is 2. The van der Waals surface area contributed by atoms with Crippen LogP contribution in [0, 0.1) is 0 Å². The van der Waals surface area contributed by atoms with E-state index >= 15 is 0 Å². The number of ether oxygens (including phenoxy) is 2. The molecule has 2 aromatic carbocycles. The first-order valence-corrected chi connectivity index (χ1v) is 6.90. The number of methoxy groups -OCH3 is 1. The van der Waals surface area contributed by atoms with E-state index in [9.17, 15) is 18.0 Å². The van der Waals surface area contributed by atoms with Crippen molar-refractivity contribution < 1.29 is 27.4 Å². The summed E-state index contributed by atoms with van der Waals surface area (Å²) in [5, 5.41) is 4.87. The van der Waals surface area contributed by atoms with E-state index in [1.54, 1.807) is 24.3 Å². The summed E-state index contributed by atoms with van der Waals surface area (Å²) in [6.07, 6.45) is -4.84. The number of benzene rings is 2. The quantitative estimate of drug-likeness (QED) is 0.867. The second-order valence-corrected chi connectivity index (χ2v) is 4.70. The molecule has 2 aromatic rings. The van der Waals surface area contributed by atoms with Crippen molar-refractivity contribution >= 4 is 11.7 Å². The molecule has 0 aliphatic rings. The SMILES string of the molecule is COc1cccc(CNC(=O)Nc2ccccc2OC(F)(F)F)c1. The third-order valence-corrected chi connectivity index (χ3v) is 2.95. The Kier molecular flexibility index (Phi) is 5.51. The number of carbonyl (C=O) groups is 1. The first-order valence-electron chi connectivity index (χ1n) is 6.90. The maximum absolute atomic E-state index is 12.3. The molecule has 0 saturated heterocycles. The number of anilines is 1. The molecule has 5 nitrogen and oxygen atoms in total. The second kappa shape index (κ2) is 7.58. The van der Waals surface area contributed by atoms with Crippen molar-refractivity contribution in [2.45, 2.75) is 12.9 Å². The molecule has 24 heavy (non-hydrogen) atoms. The molecular formula is C16H15F3N2O3. The predicted octanol–water partition coefficient (Wildman–Crippen LogP) is 3.92. The normalized spacial score (nSPS) is 10.8. The molecule has 0 aliphatic heterocycles. The highest BCUT2D eigenvalue weighted by molar-refractivity contribution is 5.90. The predicted molar refractivity (Wildman–Crippen MR) is 82.0 cm³/mol. The van der Waals surface area contributed by atoms with Crippen molar-refractivity contribution in [1.29, 1.82) is 0 Å². The molecule has 0 spiro atoms. The fourth-order valence-electron chi connectivity index (χ4n) is 1.91. The lowest BCUT2D eigenvalue weighted by atomic mass is 10.2. The zero-order chi connectivity index (χ0) is 17.6. The highest BCUT2D eigenvalue weighted by Crippen LogP contribution is 2.29. The molecule has 2 rings (SSSR count). The summed E-state index contributed by atoms with van der Waals surface area (Å²) < 4.78 is 45.9. The van der Waals surface area contributed by atoms with Gasteiger partial charge in [0.25, 0.3) is 0 Å². The summed E-state index contributed by atoms with van der Waals surface area (Å²) in [4.78, 5) is 11.9. The summed E-state index contributed by atoms with van der Waals surface area (Å²) >= 11 is 0. The summed E-state index contributed by atoms with van der Waals surface area (Å²) in [5.41, 5.74) is 0.697. The smallest absolute Gasteiger partial charge is 0.497 e. The lowest BCUT2D eigenvalue weighted by Gasteiger charge is -2.14. The second-order valence-electron chi connectivity index (χ2n) is 4.70. The molecule has 0 heterocycles. The Morgan fingerprint density at radius 3 is 2.58 bits per heavy atom. The van der Waals surface area contributed by atoms with Crippen LogP contribution in [0.1, 0.15) is 5.56 Å². The van der Waals surface area contributed by atoms with E-state index in [4.69, 9.17) is 4.74 Å². The fourth-order valence-corrected chi connectivity index (χ4v) is 1.91. The fraction of sp³-hybridized carbons (Fsp3) is 0.188. The van der Waals surface area contributed by atoms with E-state index in [-0.39, 0.29) is 12.2 Å². The van der Waals surface area contributed by atoms with Crippen molar-refractivity contribution in [3.63, 3.8) is 0 Å². The van der Waals surface area contributed by atoms with Gasteiger partial charge in [-0.1, -0.05) is 24.3 Å². The third-order valence-electron chi connectivity index (χ3n) is 2.95. The Balaban J connectivity index is 1.97. The topological polar surface area (TPSA) is 59.6 Å². The standard InChI is InChI=1S/C16H15F3N2O3/c1-23-12-6-4-5-11(9-12)10-20-15(22)21-13-7-2-3-8-14(13)24-16(17,18)19/h2-9H,10H2,1H3,(H2,20,21,22).